The van der Waals surface area contributed by atoms with Gasteiger partial charge in [-0.1, -0.05) is 18.2 Å². The van der Waals surface area contributed by atoms with Crippen LogP contribution in [0.15, 0.2) is 30.5 Å². The first kappa shape index (κ1) is 13.1. The molecule has 0 aliphatic carbocycles. The van der Waals surface area contributed by atoms with Gasteiger partial charge in [0, 0.05) is 31.2 Å². The second-order valence-corrected chi connectivity index (χ2v) is 4.66. The number of carbonyl (C=O) groups is 2. The molecular weight excluding hydrogens is 244 g/mol. The largest absolute Gasteiger partial charge is 0.481 e. The molecule has 0 spiro atoms. The summed E-state index contributed by atoms with van der Waals surface area (Å²) in [6, 6.07) is 7.52. The number of para-hydroxylation sites is 1. The van der Waals surface area contributed by atoms with Crippen molar-refractivity contribution in [2.75, 3.05) is 14.1 Å². The fourth-order valence-corrected chi connectivity index (χ4v) is 2.04. The Kier molecular flexibility index (Phi) is 3.55. The summed E-state index contributed by atoms with van der Waals surface area (Å²) in [4.78, 5) is 24.2. The lowest BCUT2D eigenvalue weighted by Crippen LogP contribution is -2.25. The van der Waals surface area contributed by atoms with Crippen molar-refractivity contribution in [1.29, 1.82) is 0 Å². The van der Waals surface area contributed by atoms with Gasteiger partial charge in [-0.05, 0) is 11.6 Å². The summed E-state index contributed by atoms with van der Waals surface area (Å²) >= 11 is 0. The van der Waals surface area contributed by atoms with E-state index in [1.165, 1.54) is 4.90 Å². The molecule has 0 aliphatic rings. The lowest BCUT2D eigenvalue weighted by molar-refractivity contribution is -0.136. The third-order valence-electron chi connectivity index (χ3n) is 3.02. The molecule has 0 fully saturated rings. The number of hydrogen-bond acceptors (Lipinski definition) is 2. The number of rotatable bonds is 4. The molecule has 0 saturated carbocycles. The van der Waals surface area contributed by atoms with Crippen LogP contribution in [0.4, 0.5) is 0 Å². The summed E-state index contributed by atoms with van der Waals surface area (Å²) in [7, 11) is 3.40. The van der Waals surface area contributed by atoms with Crippen molar-refractivity contribution >= 4 is 22.8 Å². The highest BCUT2D eigenvalue weighted by atomic mass is 16.4. The van der Waals surface area contributed by atoms with Gasteiger partial charge in [-0.3, -0.25) is 9.59 Å². The van der Waals surface area contributed by atoms with Crippen molar-refractivity contribution < 1.29 is 14.7 Å². The minimum atomic E-state index is -0.873. The second-order valence-electron chi connectivity index (χ2n) is 4.66. The van der Waals surface area contributed by atoms with E-state index >= 15 is 0 Å². The molecule has 1 N–H and O–H groups in total. The average molecular weight is 260 g/mol. The Labute approximate surface area is 111 Å². The molecule has 0 unspecified atom stereocenters. The maximum atomic E-state index is 11.8. The Morgan fingerprint density at radius 3 is 2.58 bits per heavy atom. The second kappa shape index (κ2) is 5.14. The molecule has 0 atom stereocenters. The van der Waals surface area contributed by atoms with Crippen molar-refractivity contribution in [3.05, 3.63) is 36.0 Å². The van der Waals surface area contributed by atoms with Crippen LogP contribution < -0.4 is 0 Å². The number of amides is 1. The van der Waals surface area contributed by atoms with Gasteiger partial charge in [-0.25, -0.2) is 0 Å². The van der Waals surface area contributed by atoms with Crippen molar-refractivity contribution in [3.63, 3.8) is 0 Å². The highest BCUT2D eigenvalue weighted by molar-refractivity contribution is 5.88. The molecule has 5 nitrogen and oxygen atoms in total. The number of benzene rings is 1. The Morgan fingerprint density at radius 2 is 1.95 bits per heavy atom. The highest BCUT2D eigenvalue weighted by Crippen LogP contribution is 2.21. The average Bonchev–Trinajstić information content (AvgIpc) is 2.67. The van der Waals surface area contributed by atoms with Gasteiger partial charge >= 0.3 is 5.97 Å². The number of aromatic nitrogens is 1. The molecule has 100 valence electrons. The Bertz CT molecular complexity index is 629. The van der Waals surface area contributed by atoms with Crippen LogP contribution in [0.5, 0.6) is 0 Å². The summed E-state index contributed by atoms with van der Waals surface area (Å²) in [5.74, 6) is -0.899. The maximum Gasteiger partial charge on any atom is 0.307 e. The fourth-order valence-electron chi connectivity index (χ4n) is 2.04. The zero-order chi connectivity index (χ0) is 14.0. The predicted octanol–water partition coefficient (Wildman–Crippen LogP) is 1.36. The molecular formula is C14H16N2O3. The number of hydrogen-bond donors (Lipinski definition) is 1. The molecule has 0 bridgehead atoms. The first-order valence-corrected chi connectivity index (χ1v) is 5.97. The van der Waals surface area contributed by atoms with Crippen molar-refractivity contribution in [1.82, 2.24) is 9.47 Å². The number of carboxylic acid groups (broad SMARTS) is 1. The number of likely N-dealkylation sites (N-methyl/N-ethyl adjacent to an activating group) is 1. The molecule has 0 saturated heterocycles. The topological polar surface area (TPSA) is 62.5 Å². The summed E-state index contributed by atoms with van der Waals surface area (Å²) in [6.45, 7) is 0.215. The molecule has 1 amide bonds. The molecule has 1 aromatic heterocycles. The smallest absolute Gasteiger partial charge is 0.307 e. The first-order valence-electron chi connectivity index (χ1n) is 5.97. The fraction of sp³-hybridized carbons (Fsp3) is 0.286. The standard InChI is InChI=1S/C14H16N2O3/c1-15(2)13(17)9-16-8-10(7-14(18)19)11-5-3-4-6-12(11)16/h3-6,8H,7,9H2,1-2H3,(H,18,19). The molecule has 2 rings (SSSR count). The third kappa shape index (κ3) is 2.76. The van der Waals surface area contributed by atoms with Gasteiger partial charge in [-0.15, -0.1) is 0 Å². The Hall–Kier alpha value is -2.30. The molecule has 1 aromatic carbocycles. The monoisotopic (exact) mass is 260 g/mol. The number of carboxylic acids is 1. The van der Waals surface area contributed by atoms with E-state index in [0.29, 0.717) is 0 Å². The lowest BCUT2D eigenvalue weighted by Gasteiger charge is -2.11. The van der Waals surface area contributed by atoms with E-state index in [0.717, 1.165) is 16.5 Å². The number of fused-ring (bicyclic) bond motifs is 1. The van der Waals surface area contributed by atoms with E-state index in [4.69, 9.17) is 5.11 Å². The van der Waals surface area contributed by atoms with Gasteiger partial charge < -0.3 is 14.6 Å². The third-order valence-corrected chi connectivity index (χ3v) is 3.02. The molecule has 5 heteroatoms. The normalized spacial score (nSPS) is 10.6. The van der Waals surface area contributed by atoms with E-state index in [-0.39, 0.29) is 18.9 Å². The van der Waals surface area contributed by atoms with Crippen LogP contribution in [0.3, 0.4) is 0 Å². The van der Waals surface area contributed by atoms with Crippen LogP contribution in [0, 0.1) is 0 Å². The minimum Gasteiger partial charge on any atom is -0.481 e. The SMILES string of the molecule is CN(C)C(=O)Cn1cc(CC(=O)O)c2ccccc21. The van der Waals surface area contributed by atoms with Crippen molar-refractivity contribution in [2.45, 2.75) is 13.0 Å². The van der Waals surface area contributed by atoms with Crippen LogP contribution in [0.25, 0.3) is 10.9 Å². The van der Waals surface area contributed by atoms with Crippen molar-refractivity contribution in [2.24, 2.45) is 0 Å². The predicted molar refractivity (Wildman–Crippen MR) is 72.0 cm³/mol. The van der Waals surface area contributed by atoms with Crippen LogP contribution in [0.1, 0.15) is 5.56 Å². The molecule has 0 radical (unpaired) electrons. The summed E-state index contributed by atoms with van der Waals surface area (Å²) in [6.07, 6.45) is 1.71. The van der Waals surface area contributed by atoms with Gasteiger partial charge in [-0.2, -0.15) is 0 Å². The van der Waals surface area contributed by atoms with Gasteiger partial charge in [0.1, 0.15) is 6.54 Å². The minimum absolute atomic E-state index is 0.0253. The van der Waals surface area contributed by atoms with Gasteiger partial charge in [0.15, 0.2) is 0 Å². The van der Waals surface area contributed by atoms with E-state index in [2.05, 4.69) is 0 Å². The van der Waals surface area contributed by atoms with Crippen molar-refractivity contribution in [3.8, 4) is 0 Å². The number of carbonyl (C=O) groups excluding carboxylic acids is 1. The summed E-state index contributed by atoms with van der Waals surface area (Å²) in [5, 5.41) is 9.81. The van der Waals surface area contributed by atoms with Crippen LogP contribution >= 0.6 is 0 Å². The zero-order valence-corrected chi connectivity index (χ0v) is 11.0. The van der Waals surface area contributed by atoms with Gasteiger partial charge in [0.05, 0.1) is 6.42 Å². The molecule has 2 aromatic rings. The van der Waals surface area contributed by atoms with E-state index < -0.39 is 5.97 Å². The molecule has 1 heterocycles. The lowest BCUT2D eigenvalue weighted by atomic mass is 10.1. The van der Waals surface area contributed by atoms with Crippen LogP contribution in [-0.4, -0.2) is 40.5 Å². The zero-order valence-electron chi connectivity index (χ0n) is 11.0. The van der Waals surface area contributed by atoms with Gasteiger partial charge in [0.25, 0.3) is 0 Å². The maximum absolute atomic E-state index is 11.8. The highest BCUT2D eigenvalue weighted by Gasteiger charge is 2.13. The van der Waals surface area contributed by atoms with Gasteiger partial charge in [0.2, 0.25) is 5.91 Å². The summed E-state index contributed by atoms with van der Waals surface area (Å²) < 4.78 is 1.80. The van der Waals surface area contributed by atoms with E-state index in [9.17, 15) is 9.59 Å². The Balaban J connectivity index is 2.44. The Morgan fingerprint density at radius 1 is 1.26 bits per heavy atom. The van der Waals surface area contributed by atoms with E-state index in [1.807, 2.05) is 24.3 Å². The first-order chi connectivity index (χ1) is 8.99. The van der Waals surface area contributed by atoms with Crippen LogP contribution in [0.2, 0.25) is 0 Å². The molecule has 0 aliphatic heterocycles. The van der Waals surface area contributed by atoms with E-state index in [1.54, 1.807) is 24.9 Å². The summed E-state index contributed by atoms with van der Waals surface area (Å²) in [5.41, 5.74) is 1.61. The molecule has 19 heavy (non-hydrogen) atoms. The number of nitrogens with zero attached hydrogens (tertiary/aromatic N) is 2. The quantitative estimate of drug-likeness (QED) is 0.902. The number of aliphatic carboxylic acids is 1. The van der Waals surface area contributed by atoms with Crippen LogP contribution in [-0.2, 0) is 22.6 Å².